The molecule has 0 amide bonds. The van der Waals surface area contributed by atoms with Crippen molar-refractivity contribution < 1.29 is 4.74 Å². The van der Waals surface area contributed by atoms with Crippen molar-refractivity contribution in [3.8, 4) is 0 Å². The number of hydrogen-bond donors (Lipinski definition) is 1. The first kappa shape index (κ1) is 11.3. The molecule has 0 unspecified atom stereocenters. The van der Waals surface area contributed by atoms with Gasteiger partial charge in [-0.1, -0.05) is 6.92 Å². The molecule has 0 aliphatic carbocycles. The number of aromatic nitrogens is 2. The highest BCUT2D eigenvalue weighted by Gasteiger charge is 2.19. The van der Waals surface area contributed by atoms with E-state index >= 15 is 0 Å². The van der Waals surface area contributed by atoms with Crippen LogP contribution in [0.4, 0.5) is 11.5 Å². The van der Waals surface area contributed by atoms with Crippen molar-refractivity contribution in [2.45, 2.75) is 19.8 Å². The van der Waals surface area contributed by atoms with Gasteiger partial charge < -0.3 is 15.4 Å². The molecule has 1 fully saturated rings. The first-order valence-electron chi connectivity index (χ1n) is 5.88. The zero-order valence-corrected chi connectivity index (χ0v) is 10.1. The topological polar surface area (TPSA) is 56.3 Å². The minimum atomic E-state index is 0.770. The first-order valence-corrected chi connectivity index (χ1v) is 5.88. The molecule has 2 N–H and O–H groups in total. The van der Waals surface area contributed by atoms with Crippen LogP contribution in [0.2, 0.25) is 0 Å². The second-order valence-electron chi connectivity index (χ2n) is 4.11. The van der Waals surface area contributed by atoms with Gasteiger partial charge in [0.05, 0.1) is 18.0 Å². The largest absolute Gasteiger partial charge is 0.394 e. The number of aryl methyl sites for hydroxylation is 2. The molecule has 0 atom stereocenters. The summed E-state index contributed by atoms with van der Waals surface area (Å²) in [6, 6.07) is 0. The van der Waals surface area contributed by atoms with Crippen molar-refractivity contribution in [3.63, 3.8) is 0 Å². The molecular formula is C11H20N4O. The van der Waals surface area contributed by atoms with Gasteiger partial charge in [0.1, 0.15) is 5.82 Å². The molecule has 1 aliphatic rings. The molecule has 2 heterocycles. The average Bonchev–Trinajstić information content (AvgIpc) is 2.49. The number of nitrogens with zero attached hydrogens (tertiary/aromatic N) is 3. The lowest BCUT2D eigenvalue weighted by molar-refractivity contribution is 0.152. The van der Waals surface area contributed by atoms with Crippen molar-refractivity contribution in [3.05, 3.63) is 5.69 Å². The van der Waals surface area contributed by atoms with Crippen molar-refractivity contribution >= 4 is 11.5 Å². The molecule has 5 nitrogen and oxygen atoms in total. The van der Waals surface area contributed by atoms with Gasteiger partial charge in [-0.05, 0) is 12.8 Å². The third kappa shape index (κ3) is 2.00. The van der Waals surface area contributed by atoms with E-state index in [9.17, 15) is 0 Å². The highest BCUT2D eigenvalue weighted by molar-refractivity contribution is 5.66. The van der Waals surface area contributed by atoms with Gasteiger partial charge in [0.15, 0.2) is 0 Å². The van der Waals surface area contributed by atoms with E-state index < -0.39 is 0 Å². The maximum Gasteiger partial charge on any atom is 0.150 e. The van der Waals surface area contributed by atoms with Gasteiger partial charge in [0, 0.05) is 26.7 Å². The smallest absolute Gasteiger partial charge is 0.150 e. The average molecular weight is 224 g/mol. The Hall–Kier alpha value is -1.23. The van der Waals surface area contributed by atoms with Gasteiger partial charge in [0.25, 0.3) is 0 Å². The summed E-state index contributed by atoms with van der Waals surface area (Å²) in [6.45, 7) is 5.58. The van der Waals surface area contributed by atoms with E-state index in [1.165, 1.54) is 0 Å². The Morgan fingerprint density at radius 3 is 2.88 bits per heavy atom. The lowest BCUT2D eigenvalue weighted by atomic mass is 10.3. The molecule has 2 rings (SSSR count). The van der Waals surface area contributed by atoms with Gasteiger partial charge in [-0.3, -0.25) is 4.68 Å². The number of nitrogen functional groups attached to an aromatic ring is 1. The Kier molecular flexibility index (Phi) is 3.33. The third-order valence-electron chi connectivity index (χ3n) is 2.99. The van der Waals surface area contributed by atoms with Crippen molar-refractivity contribution in [1.29, 1.82) is 0 Å². The fourth-order valence-electron chi connectivity index (χ4n) is 2.18. The molecule has 5 heteroatoms. The molecule has 0 aromatic carbocycles. The SMILES string of the molecule is CCc1nn(C)c(N2CCCOCC2)c1N. The lowest BCUT2D eigenvalue weighted by Gasteiger charge is -2.22. The van der Waals surface area contributed by atoms with Gasteiger partial charge in [-0.15, -0.1) is 0 Å². The summed E-state index contributed by atoms with van der Waals surface area (Å²) in [4.78, 5) is 2.27. The van der Waals surface area contributed by atoms with Crippen molar-refractivity contribution in [2.24, 2.45) is 7.05 Å². The monoisotopic (exact) mass is 224 g/mol. The minimum absolute atomic E-state index is 0.770. The molecular weight excluding hydrogens is 204 g/mol. The van der Waals surface area contributed by atoms with Crippen LogP contribution in [0.15, 0.2) is 0 Å². The number of nitrogens with two attached hydrogens (primary N) is 1. The lowest BCUT2D eigenvalue weighted by Crippen LogP contribution is -2.28. The molecule has 0 spiro atoms. The van der Waals surface area contributed by atoms with E-state index in [0.29, 0.717) is 0 Å². The third-order valence-corrected chi connectivity index (χ3v) is 2.99. The van der Waals surface area contributed by atoms with Crippen LogP contribution >= 0.6 is 0 Å². The zero-order chi connectivity index (χ0) is 11.5. The second kappa shape index (κ2) is 4.74. The van der Waals surface area contributed by atoms with E-state index in [1.807, 2.05) is 11.7 Å². The molecule has 1 aliphatic heterocycles. The molecule has 0 radical (unpaired) electrons. The predicted octanol–water partition coefficient (Wildman–Crippen LogP) is 0.791. The van der Waals surface area contributed by atoms with Crippen LogP contribution in [-0.4, -0.2) is 36.1 Å². The number of ether oxygens (including phenoxy) is 1. The standard InChI is InChI=1S/C11H20N4O/c1-3-9-10(12)11(14(2)13-9)15-5-4-7-16-8-6-15/h3-8,12H2,1-2H3. The van der Waals surface area contributed by atoms with Gasteiger partial charge in [-0.2, -0.15) is 5.10 Å². The summed E-state index contributed by atoms with van der Waals surface area (Å²) < 4.78 is 7.34. The van der Waals surface area contributed by atoms with E-state index in [1.54, 1.807) is 0 Å². The highest BCUT2D eigenvalue weighted by Crippen LogP contribution is 2.26. The van der Waals surface area contributed by atoms with Crippen LogP contribution in [-0.2, 0) is 18.2 Å². The van der Waals surface area contributed by atoms with E-state index in [-0.39, 0.29) is 0 Å². The molecule has 0 saturated carbocycles. The highest BCUT2D eigenvalue weighted by atomic mass is 16.5. The summed E-state index contributed by atoms with van der Waals surface area (Å²) in [5.74, 6) is 1.04. The number of rotatable bonds is 2. The van der Waals surface area contributed by atoms with Gasteiger partial charge >= 0.3 is 0 Å². The minimum Gasteiger partial charge on any atom is -0.394 e. The van der Waals surface area contributed by atoms with Crippen LogP contribution < -0.4 is 10.6 Å². The number of hydrogen-bond acceptors (Lipinski definition) is 4. The van der Waals surface area contributed by atoms with Crippen LogP contribution in [0, 0.1) is 0 Å². The molecule has 1 aromatic heterocycles. The van der Waals surface area contributed by atoms with Crippen LogP contribution in [0.25, 0.3) is 0 Å². The van der Waals surface area contributed by atoms with Crippen molar-refractivity contribution in [1.82, 2.24) is 9.78 Å². The normalized spacial score (nSPS) is 17.5. The van der Waals surface area contributed by atoms with E-state index in [0.717, 1.165) is 56.3 Å². The Balaban J connectivity index is 2.27. The fraction of sp³-hybridized carbons (Fsp3) is 0.727. The Morgan fingerprint density at radius 1 is 1.38 bits per heavy atom. The summed E-state index contributed by atoms with van der Waals surface area (Å²) >= 11 is 0. The second-order valence-corrected chi connectivity index (χ2v) is 4.11. The molecule has 16 heavy (non-hydrogen) atoms. The van der Waals surface area contributed by atoms with Crippen LogP contribution in [0.5, 0.6) is 0 Å². The summed E-state index contributed by atoms with van der Waals surface area (Å²) in [6.07, 6.45) is 1.93. The summed E-state index contributed by atoms with van der Waals surface area (Å²) in [5, 5.41) is 4.44. The van der Waals surface area contributed by atoms with Crippen LogP contribution in [0.1, 0.15) is 19.0 Å². The summed E-state index contributed by atoms with van der Waals surface area (Å²) in [5.41, 5.74) is 7.95. The fourth-order valence-corrected chi connectivity index (χ4v) is 2.18. The maximum atomic E-state index is 6.13. The molecule has 90 valence electrons. The van der Waals surface area contributed by atoms with E-state index in [4.69, 9.17) is 10.5 Å². The van der Waals surface area contributed by atoms with Gasteiger partial charge in [0.2, 0.25) is 0 Å². The Morgan fingerprint density at radius 2 is 2.19 bits per heavy atom. The van der Waals surface area contributed by atoms with Gasteiger partial charge in [-0.25, -0.2) is 0 Å². The predicted molar refractivity (Wildman–Crippen MR) is 64.6 cm³/mol. The van der Waals surface area contributed by atoms with Crippen LogP contribution in [0.3, 0.4) is 0 Å². The quantitative estimate of drug-likeness (QED) is 0.807. The van der Waals surface area contributed by atoms with Crippen molar-refractivity contribution in [2.75, 3.05) is 36.9 Å². The maximum absolute atomic E-state index is 6.13. The Labute approximate surface area is 96.2 Å². The summed E-state index contributed by atoms with van der Waals surface area (Å²) in [7, 11) is 1.95. The first-order chi connectivity index (χ1) is 7.74. The molecule has 1 aromatic rings. The molecule has 1 saturated heterocycles. The number of anilines is 2. The Bertz CT molecular complexity index is 353. The van der Waals surface area contributed by atoms with E-state index in [2.05, 4.69) is 16.9 Å². The molecule has 0 bridgehead atoms. The zero-order valence-electron chi connectivity index (χ0n) is 10.1.